The van der Waals surface area contributed by atoms with Gasteiger partial charge < -0.3 is 21.7 Å². The number of H-pyrrole nitrogens is 1. The number of aromatic nitrogens is 3. The van der Waals surface area contributed by atoms with Crippen LogP contribution in [0.25, 0.3) is 0 Å². The lowest BCUT2D eigenvalue weighted by Gasteiger charge is -2.10. The number of aromatic amines is 1. The lowest BCUT2D eigenvalue weighted by atomic mass is 10.1. The van der Waals surface area contributed by atoms with Crippen LogP contribution in [-0.4, -0.2) is 52.2 Å². The molecule has 0 unspecified atom stereocenters. The fraction of sp³-hybridized carbons (Fsp3) is 0.333. The van der Waals surface area contributed by atoms with Gasteiger partial charge in [-0.3, -0.25) is 9.78 Å². The molecule has 0 saturated heterocycles. The molecule has 3 rings (SSSR count). The van der Waals surface area contributed by atoms with E-state index in [0.29, 0.717) is 29.6 Å². The summed E-state index contributed by atoms with van der Waals surface area (Å²) in [7, 11) is 4.08. The molecule has 6 N–H and O–H groups in total. The largest absolute Gasteiger partial charge is 0.370 e. The Morgan fingerprint density at radius 1 is 1.25 bits per heavy atom. The molecule has 0 saturated carbocycles. The Balaban J connectivity index is 1.43. The van der Waals surface area contributed by atoms with E-state index in [1.54, 1.807) is 18.0 Å². The van der Waals surface area contributed by atoms with Gasteiger partial charge in [-0.05, 0) is 25.2 Å². The van der Waals surface area contributed by atoms with Gasteiger partial charge in [0.1, 0.15) is 0 Å². The van der Waals surface area contributed by atoms with E-state index < -0.39 is 0 Å². The van der Waals surface area contributed by atoms with E-state index >= 15 is 0 Å². The van der Waals surface area contributed by atoms with E-state index in [-0.39, 0.29) is 11.5 Å². The molecule has 11 heteroatoms. The average molecular weight is 473 g/mol. The minimum absolute atomic E-state index is 0.00757. The average Bonchev–Trinajstić information content (AvgIpc) is 3.17. The maximum atomic E-state index is 12.4. The molecule has 0 aliphatic rings. The van der Waals surface area contributed by atoms with Crippen molar-refractivity contribution in [2.24, 2.45) is 16.5 Å². The highest BCUT2D eigenvalue weighted by Crippen LogP contribution is 2.21. The molecule has 9 nitrogen and oxygen atoms in total. The number of thiazole rings is 1. The Kier molecular flexibility index (Phi) is 8.65. The predicted octanol–water partition coefficient (Wildman–Crippen LogP) is 2.13. The number of hydrogen-bond donors (Lipinski definition) is 4. The molecule has 2 aromatic heterocycles. The summed E-state index contributed by atoms with van der Waals surface area (Å²) < 4.78 is 0. The van der Waals surface area contributed by atoms with E-state index in [1.165, 1.54) is 16.9 Å². The van der Waals surface area contributed by atoms with Crippen molar-refractivity contribution in [3.63, 3.8) is 0 Å². The normalized spacial score (nSPS) is 11.0. The van der Waals surface area contributed by atoms with Gasteiger partial charge >= 0.3 is 0 Å². The van der Waals surface area contributed by atoms with Crippen LogP contribution in [0, 0.1) is 0 Å². The van der Waals surface area contributed by atoms with Crippen molar-refractivity contribution in [3.8, 4) is 0 Å². The van der Waals surface area contributed by atoms with E-state index in [4.69, 9.17) is 11.5 Å². The minimum atomic E-state index is -0.123. The van der Waals surface area contributed by atoms with Gasteiger partial charge in [0.2, 0.25) is 11.1 Å². The first kappa shape index (κ1) is 23.8. The van der Waals surface area contributed by atoms with Crippen molar-refractivity contribution in [2.75, 3.05) is 31.7 Å². The highest BCUT2D eigenvalue weighted by Gasteiger charge is 2.06. The fourth-order valence-corrected chi connectivity index (χ4v) is 4.49. The zero-order valence-electron chi connectivity index (χ0n) is 18.2. The Labute approximate surface area is 195 Å². The summed E-state index contributed by atoms with van der Waals surface area (Å²) in [6.07, 6.45) is 2.19. The van der Waals surface area contributed by atoms with E-state index in [2.05, 4.69) is 54.4 Å². The minimum Gasteiger partial charge on any atom is -0.370 e. The number of thioether (sulfide) groups is 1. The van der Waals surface area contributed by atoms with E-state index in [9.17, 15) is 4.79 Å². The molecule has 0 aliphatic carbocycles. The molecule has 0 spiro atoms. The third-order valence-electron chi connectivity index (χ3n) is 4.34. The number of rotatable bonds is 11. The fourth-order valence-electron chi connectivity index (χ4n) is 2.93. The van der Waals surface area contributed by atoms with Crippen LogP contribution in [-0.2, 0) is 18.7 Å². The maximum absolute atomic E-state index is 12.4. The van der Waals surface area contributed by atoms with Gasteiger partial charge in [0.05, 0.1) is 5.69 Å². The van der Waals surface area contributed by atoms with Crippen molar-refractivity contribution >= 4 is 40.1 Å². The second-order valence-corrected chi connectivity index (χ2v) is 9.40. The van der Waals surface area contributed by atoms with Crippen LogP contribution in [0.5, 0.6) is 0 Å². The Hall–Kier alpha value is -2.89. The van der Waals surface area contributed by atoms with Crippen LogP contribution >= 0.6 is 23.1 Å². The first-order chi connectivity index (χ1) is 15.4. The molecular formula is C21H28N8OS2. The monoisotopic (exact) mass is 472 g/mol. The van der Waals surface area contributed by atoms with Gasteiger partial charge in [-0.2, -0.15) is 16.8 Å². The molecule has 1 aromatic carbocycles. The third kappa shape index (κ3) is 7.66. The van der Waals surface area contributed by atoms with Crippen molar-refractivity contribution in [1.82, 2.24) is 19.9 Å². The smallest absolute Gasteiger partial charge is 0.255 e. The Bertz CT molecular complexity index is 1090. The van der Waals surface area contributed by atoms with Crippen molar-refractivity contribution in [1.29, 1.82) is 0 Å². The summed E-state index contributed by atoms with van der Waals surface area (Å²) in [5.74, 6) is 2.08. The third-order valence-corrected chi connectivity index (χ3v) is 6.12. The molecule has 0 atom stereocenters. The first-order valence-electron chi connectivity index (χ1n) is 10.1. The van der Waals surface area contributed by atoms with Crippen LogP contribution in [0.4, 0.5) is 11.1 Å². The summed E-state index contributed by atoms with van der Waals surface area (Å²) in [6, 6.07) is 8.31. The number of guanidine groups is 1. The summed E-state index contributed by atoms with van der Waals surface area (Å²) in [5.41, 5.74) is 14.5. The van der Waals surface area contributed by atoms with Gasteiger partial charge in [0, 0.05) is 48.2 Å². The van der Waals surface area contributed by atoms with E-state index in [0.717, 1.165) is 29.3 Å². The van der Waals surface area contributed by atoms with Crippen LogP contribution in [0.1, 0.15) is 22.4 Å². The molecule has 2 heterocycles. The highest BCUT2D eigenvalue weighted by atomic mass is 32.2. The predicted molar refractivity (Wildman–Crippen MR) is 134 cm³/mol. The molecule has 0 amide bonds. The van der Waals surface area contributed by atoms with Gasteiger partial charge in [-0.1, -0.05) is 24.3 Å². The lowest BCUT2D eigenvalue weighted by molar-refractivity contribution is 0.402. The Morgan fingerprint density at radius 2 is 2.00 bits per heavy atom. The summed E-state index contributed by atoms with van der Waals surface area (Å²) in [6.45, 7) is 1.56. The highest BCUT2D eigenvalue weighted by molar-refractivity contribution is 7.98. The molecular weight excluding hydrogens is 444 g/mol. The van der Waals surface area contributed by atoms with E-state index in [1.807, 2.05) is 19.5 Å². The molecule has 0 fully saturated rings. The summed E-state index contributed by atoms with van der Waals surface area (Å²) in [5, 5.41) is 5.66. The molecule has 0 bridgehead atoms. The second-order valence-electron chi connectivity index (χ2n) is 7.45. The van der Waals surface area contributed by atoms with Gasteiger partial charge in [-0.15, -0.1) is 11.3 Å². The SMILES string of the molecule is CN(C)Cc1ccc(Cc2cnc(NCCSCc3csc(N=C(N)N)n3)[nH]c2=O)cc1. The van der Waals surface area contributed by atoms with Crippen molar-refractivity contribution in [3.05, 3.63) is 68.6 Å². The summed E-state index contributed by atoms with van der Waals surface area (Å²) in [4.78, 5) is 30.0. The zero-order chi connectivity index (χ0) is 22.9. The van der Waals surface area contributed by atoms with Crippen LogP contribution < -0.4 is 22.3 Å². The number of hydrogen-bond acceptors (Lipinski definition) is 8. The van der Waals surface area contributed by atoms with Crippen LogP contribution in [0.15, 0.2) is 45.6 Å². The number of benzene rings is 1. The number of anilines is 1. The standard InChI is InChI=1S/C21H28N8OS2/c1-29(2)11-15-5-3-14(4-6-15)9-16-10-25-20(27-18(16)30)24-7-8-31-12-17-13-32-21(26-17)28-19(22)23/h3-6,10,13H,7-9,11-12H2,1-2H3,(H4,22,23,26,28)(H2,24,25,27,30). The maximum Gasteiger partial charge on any atom is 0.255 e. The van der Waals surface area contributed by atoms with Crippen molar-refractivity contribution < 1.29 is 0 Å². The van der Waals surface area contributed by atoms with Gasteiger partial charge in [-0.25, -0.2) is 9.97 Å². The number of aliphatic imine (C=N–C) groups is 1. The van der Waals surface area contributed by atoms with Gasteiger partial charge in [0.25, 0.3) is 5.56 Å². The molecule has 170 valence electrons. The van der Waals surface area contributed by atoms with Crippen molar-refractivity contribution in [2.45, 2.75) is 18.7 Å². The first-order valence-corrected chi connectivity index (χ1v) is 12.1. The molecule has 0 aliphatic heterocycles. The van der Waals surface area contributed by atoms with Crippen LogP contribution in [0.3, 0.4) is 0 Å². The lowest BCUT2D eigenvalue weighted by Crippen LogP contribution is -2.21. The molecule has 0 radical (unpaired) electrons. The Morgan fingerprint density at radius 3 is 2.69 bits per heavy atom. The second kappa shape index (κ2) is 11.7. The molecule has 3 aromatic rings. The van der Waals surface area contributed by atoms with Crippen LogP contribution in [0.2, 0.25) is 0 Å². The molecule has 32 heavy (non-hydrogen) atoms. The zero-order valence-corrected chi connectivity index (χ0v) is 19.8. The number of nitrogens with two attached hydrogens (primary N) is 2. The number of nitrogens with one attached hydrogen (secondary N) is 2. The topological polar surface area (TPSA) is 138 Å². The quantitative estimate of drug-likeness (QED) is 0.189. The van der Waals surface area contributed by atoms with Gasteiger partial charge in [0.15, 0.2) is 5.96 Å². The number of nitrogens with zero attached hydrogens (tertiary/aromatic N) is 4. The summed E-state index contributed by atoms with van der Waals surface area (Å²) >= 11 is 3.12.